The van der Waals surface area contributed by atoms with Crippen molar-refractivity contribution >= 4 is 23.1 Å². The Kier molecular flexibility index (Phi) is 5.34. The molecular formula is C17H24N2OS. The maximum absolute atomic E-state index is 12.8. The minimum absolute atomic E-state index is 0.0518. The van der Waals surface area contributed by atoms with Crippen LogP contribution in [0.15, 0.2) is 30.3 Å². The van der Waals surface area contributed by atoms with Crippen molar-refractivity contribution < 1.29 is 4.79 Å². The van der Waals surface area contributed by atoms with Crippen molar-refractivity contribution in [1.29, 1.82) is 0 Å². The van der Waals surface area contributed by atoms with Gasteiger partial charge in [-0.2, -0.15) is 0 Å². The molecule has 1 amide bonds. The first-order chi connectivity index (χ1) is 10.0. The average molecular weight is 304 g/mol. The van der Waals surface area contributed by atoms with Crippen molar-refractivity contribution in [2.75, 3.05) is 13.1 Å². The predicted octanol–water partition coefficient (Wildman–Crippen LogP) is 2.95. The number of rotatable bonds is 4. The molecule has 1 atom stereocenters. The molecular weight excluding hydrogens is 280 g/mol. The summed E-state index contributed by atoms with van der Waals surface area (Å²) in [6, 6.07) is 9.60. The molecule has 2 N–H and O–H groups in total. The summed E-state index contributed by atoms with van der Waals surface area (Å²) >= 11 is 5.14. The molecule has 1 saturated heterocycles. The third-order valence-corrected chi connectivity index (χ3v) is 4.69. The smallest absolute Gasteiger partial charge is 0.236 e. The summed E-state index contributed by atoms with van der Waals surface area (Å²) in [7, 11) is 0. The van der Waals surface area contributed by atoms with E-state index in [-0.39, 0.29) is 10.9 Å². The van der Waals surface area contributed by atoms with Crippen LogP contribution in [0.25, 0.3) is 0 Å². The van der Waals surface area contributed by atoms with Gasteiger partial charge in [0.15, 0.2) is 0 Å². The number of nitrogens with two attached hydrogens (primary N) is 1. The van der Waals surface area contributed by atoms with Crippen LogP contribution >= 0.6 is 12.2 Å². The highest BCUT2D eigenvalue weighted by molar-refractivity contribution is 7.80. The van der Waals surface area contributed by atoms with Crippen LogP contribution < -0.4 is 5.73 Å². The minimum Gasteiger partial charge on any atom is -0.392 e. The third-order valence-electron chi connectivity index (χ3n) is 4.46. The van der Waals surface area contributed by atoms with Gasteiger partial charge in [0.2, 0.25) is 5.91 Å². The van der Waals surface area contributed by atoms with Gasteiger partial charge in [0.25, 0.3) is 0 Å². The highest BCUT2D eigenvalue weighted by atomic mass is 32.1. The van der Waals surface area contributed by atoms with Crippen LogP contribution in [-0.4, -0.2) is 28.9 Å². The molecule has 1 aliphatic heterocycles. The summed E-state index contributed by atoms with van der Waals surface area (Å²) in [4.78, 5) is 15.0. The van der Waals surface area contributed by atoms with E-state index in [1.807, 2.05) is 35.2 Å². The standard InChI is InChI=1S/C17H24N2OS/c1-12(2)13-8-10-19(11-9-13)17(20)15(16(18)21)14-6-4-3-5-7-14/h3-7,12-13,15H,8-11H2,1-2H3,(H2,18,21). The highest BCUT2D eigenvalue weighted by Gasteiger charge is 2.31. The molecule has 1 fully saturated rings. The van der Waals surface area contributed by atoms with Gasteiger partial charge >= 0.3 is 0 Å². The molecule has 0 radical (unpaired) electrons. The number of likely N-dealkylation sites (tertiary alicyclic amines) is 1. The maximum Gasteiger partial charge on any atom is 0.236 e. The third kappa shape index (κ3) is 3.82. The van der Waals surface area contributed by atoms with Crippen LogP contribution in [-0.2, 0) is 4.79 Å². The SMILES string of the molecule is CC(C)C1CCN(C(=O)C(C(N)=S)c2ccccc2)CC1. The Morgan fingerprint density at radius 2 is 1.81 bits per heavy atom. The van der Waals surface area contributed by atoms with E-state index >= 15 is 0 Å². The highest BCUT2D eigenvalue weighted by Crippen LogP contribution is 2.27. The van der Waals surface area contributed by atoms with Gasteiger partial charge in [0, 0.05) is 13.1 Å². The molecule has 0 saturated carbocycles. The number of amides is 1. The average Bonchev–Trinajstić information content (AvgIpc) is 2.48. The molecule has 114 valence electrons. The van der Waals surface area contributed by atoms with E-state index in [1.54, 1.807) is 0 Å². The Hall–Kier alpha value is -1.42. The zero-order valence-corrected chi connectivity index (χ0v) is 13.6. The lowest BCUT2D eigenvalue weighted by atomic mass is 9.86. The van der Waals surface area contributed by atoms with Crippen molar-refractivity contribution in [2.45, 2.75) is 32.6 Å². The van der Waals surface area contributed by atoms with Gasteiger partial charge in [0.1, 0.15) is 5.92 Å². The molecule has 1 aliphatic rings. The van der Waals surface area contributed by atoms with Gasteiger partial charge in [-0.05, 0) is 30.2 Å². The summed E-state index contributed by atoms with van der Waals surface area (Å²) in [6.07, 6.45) is 2.14. The van der Waals surface area contributed by atoms with E-state index in [4.69, 9.17) is 18.0 Å². The van der Waals surface area contributed by atoms with E-state index in [2.05, 4.69) is 13.8 Å². The number of thiocarbonyl (C=S) groups is 1. The Morgan fingerprint density at radius 3 is 2.29 bits per heavy atom. The summed E-state index contributed by atoms with van der Waals surface area (Å²) in [5, 5.41) is 0. The van der Waals surface area contributed by atoms with E-state index in [9.17, 15) is 4.79 Å². The van der Waals surface area contributed by atoms with Gasteiger partial charge in [-0.15, -0.1) is 0 Å². The fourth-order valence-corrected chi connectivity index (χ4v) is 3.28. The molecule has 4 heteroatoms. The van der Waals surface area contributed by atoms with Crippen molar-refractivity contribution in [3.8, 4) is 0 Å². The lowest BCUT2D eigenvalue weighted by Gasteiger charge is -2.35. The first-order valence-electron chi connectivity index (χ1n) is 7.63. The van der Waals surface area contributed by atoms with Crippen LogP contribution in [0.1, 0.15) is 38.2 Å². The second-order valence-electron chi connectivity index (χ2n) is 6.15. The van der Waals surface area contributed by atoms with Crippen molar-refractivity contribution in [3.05, 3.63) is 35.9 Å². The zero-order chi connectivity index (χ0) is 15.4. The number of carbonyl (C=O) groups excluding carboxylic acids is 1. The van der Waals surface area contributed by atoms with Gasteiger partial charge in [-0.25, -0.2) is 0 Å². The molecule has 2 rings (SSSR count). The van der Waals surface area contributed by atoms with E-state index in [1.165, 1.54) is 0 Å². The maximum atomic E-state index is 12.8. The van der Waals surface area contributed by atoms with Crippen LogP contribution in [0.5, 0.6) is 0 Å². The molecule has 0 bridgehead atoms. The first-order valence-corrected chi connectivity index (χ1v) is 8.04. The second-order valence-corrected chi connectivity index (χ2v) is 6.62. The van der Waals surface area contributed by atoms with Crippen LogP contribution in [0.2, 0.25) is 0 Å². The molecule has 0 spiro atoms. The van der Waals surface area contributed by atoms with Gasteiger partial charge in [-0.3, -0.25) is 4.79 Å². The number of benzene rings is 1. The molecule has 1 aromatic carbocycles. The summed E-state index contributed by atoms with van der Waals surface area (Å²) in [5.74, 6) is 0.963. The normalized spacial score (nSPS) is 17.8. The quantitative estimate of drug-likeness (QED) is 0.870. The minimum atomic E-state index is -0.489. The van der Waals surface area contributed by atoms with Crippen LogP contribution in [0.3, 0.4) is 0 Å². The molecule has 3 nitrogen and oxygen atoms in total. The summed E-state index contributed by atoms with van der Waals surface area (Å²) in [6.45, 7) is 6.13. The number of piperidine rings is 1. The number of nitrogens with zero attached hydrogens (tertiary/aromatic N) is 1. The van der Waals surface area contributed by atoms with Crippen molar-refractivity contribution in [3.63, 3.8) is 0 Å². The summed E-state index contributed by atoms with van der Waals surface area (Å²) in [5.41, 5.74) is 6.73. The second kappa shape index (κ2) is 7.03. The van der Waals surface area contributed by atoms with E-state index < -0.39 is 5.92 Å². The largest absolute Gasteiger partial charge is 0.392 e. The van der Waals surface area contributed by atoms with Crippen molar-refractivity contribution in [2.24, 2.45) is 17.6 Å². The number of hydrogen-bond donors (Lipinski definition) is 1. The Balaban J connectivity index is 2.09. The molecule has 21 heavy (non-hydrogen) atoms. The fraction of sp³-hybridized carbons (Fsp3) is 0.529. The Labute approximate surface area is 132 Å². The van der Waals surface area contributed by atoms with E-state index in [0.717, 1.165) is 31.5 Å². The van der Waals surface area contributed by atoms with Crippen molar-refractivity contribution in [1.82, 2.24) is 4.90 Å². The molecule has 1 aromatic rings. The molecule has 1 unspecified atom stereocenters. The Bertz CT molecular complexity index is 493. The fourth-order valence-electron chi connectivity index (χ4n) is 3.04. The van der Waals surface area contributed by atoms with Crippen LogP contribution in [0.4, 0.5) is 0 Å². The monoisotopic (exact) mass is 304 g/mol. The lowest BCUT2D eigenvalue weighted by Crippen LogP contribution is -2.44. The van der Waals surface area contributed by atoms with Gasteiger partial charge in [-0.1, -0.05) is 56.4 Å². The topological polar surface area (TPSA) is 46.3 Å². The Morgan fingerprint density at radius 1 is 1.24 bits per heavy atom. The molecule has 0 aromatic heterocycles. The van der Waals surface area contributed by atoms with Gasteiger partial charge < -0.3 is 10.6 Å². The lowest BCUT2D eigenvalue weighted by molar-refractivity contribution is -0.132. The molecule has 0 aliphatic carbocycles. The van der Waals surface area contributed by atoms with Gasteiger partial charge in [0.05, 0.1) is 4.99 Å². The summed E-state index contributed by atoms with van der Waals surface area (Å²) < 4.78 is 0. The first kappa shape index (κ1) is 16.0. The predicted molar refractivity (Wildman–Crippen MR) is 90.1 cm³/mol. The number of hydrogen-bond acceptors (Lipinski definition) is 2. The molecule has 1 heterocycles. The van der Waals surface area contributed by atoms with E-state index in [0.29, 0.717) is 11.8 Å². The van der Waals surface area contributed by atoms with Crippen LogP contribution in [0, 0.1) is 11.8 Å². The number of carbonyl (C=O) groups is 1. The zero-order valence-electron chi connectivity index (χ0n) is 12.8.